The van der Waals surface area contributed by atoms with Gasteiger partial charge in [-0.3, -0.25) is 4.79 Å². The van der Waals surface area contributed by atoms with Crippen molar-refractivity contribution in [2.24, 2.45) is 0 Å². The largest absolute Gasteiger partial charge is 0.466 e. The van der Waals surface area contributed by atoms with Crippen LogP contribution in [0.3, 0.4) is 0 Å². The van der Waals surface area contributed by atoms with Crippen molar-refractivity contribution in [1.29, 1.82) is 0 Å². The van der Waals surface area contributed by atoms with Crippen LogP contribution in [0.2, 0.25) is 0 Å². The van der Waals surface area contributed by atoms with Crippen LogP contribution in [-0.4, -0.2) is 25.2 Å². The zero-order chi connectivity index (χ0) is 15.5. The molecule has 1 rings (SSSR count). The normalized spacial score (nSPS) is 11.4. The molecule has 4 heteroatoms. The molecule has 0 bridgehead atoms. The number of allylic oxidation sites excluding steroid dienone is 2. The number of esters is 2. The predicted molar refractivity (Wildman–Crippen MR) is 81.4 cm³/mol. The lowest BCUT2D eigenvalue weighted by Gasteiger charge is -2.06. The van der Waals surface area contributed by atoms with Gasteiger partial charge in [0.2, 0.25) is 0 Å². The van der Waals surface area contributed by atoms with Gasteiger partial charge >= 0.3 is 11.9 Å². The number of hydrogen-bond acceptors (Lipinski definition) is 4. The van der Waals surface area contributed by atoms with Gasteiger partial charge in [0.15, 0.2) is 0 Å². The molecule has 0 N–H and O–H groups in total. The second-order valence-corrected chi connectivity index (χ2v) is 4.16. The van der Waals surface area contributed by atoms with Gasteiger partial charge in [-0.1, -0.05) is 48.6 Å². The number of benzene rings is 1. The van der Waals surface area contributed by atoms with Gasteiger partial charge in [0.1, 0.15) is 0 Å². The van der Waals surface area contributed by atoms with Crippen LogP contribution < -0.4 is 0 Å². The molecule has 0 amide bonds. The highest BCUT2D eigenvalue weighted by molar-refractivity contribution is 5.94. The second-order valence-electron chi connectivity index (χ2n) is 4.16. The first-order valence-corrected chi connectivity index (χ1v) is 6.92. The molecule has 0 spiro atoms. The monoisotopic (exact) mass is 288 g/mol. The van der Waals surface area contributed by atoms with Gasteiger partial charge in [-0.2, -0.15) is 0 Å². The van der Waals surface area contributed by atoms with Gasteiger partial charge in [-0.25, -0.2) is 4.79 Å². The first kappa shape index (κ1) is 16.7. The molecule has 0 saturated heterocycles. The summed E-state index contributed by atoms with van der Waals surface area (Å²) in [6.45, 7) is 4.00. The highest BCUT2D eigenvalue weighted by Gasteiger charge is 2.14. The summed E-state index contributed by atoms with van der Waals surface area (Å²) in [6, 6.07) is 9.67. The van der Waals surface area contributed by atoms with Gasteiger partial charge < -0.3 is 9.47 Å². The van der Waals surface area contributed by atoms with Crippen LogP contribution in [0.15, 0.2) is 48.1 Å². The molecule has 0 unspecified atom stereocenters. The van der Waals surface area contributed by atoms with E-state index in [1.165, 1.54) is 0 Å². The van der Waals surface area contributed by atoms with Gasteiger partial charge in [-0.15, -0.1) is 0 Å². The van der Waals surface area contributed by atoms with Crippen molar-refractivity contribution >= 4 is 18.0 Å². The van der Waals surface area contributed by atoms with E-state index >= 15 is 0 Å². The summed E-state index contributed by atoms with van der Waals surface area (Å²) in [6.07, 6.45) is 5.07. The minimum atomic E-state index is -0.497. The zero-order valence-corrected chi connectivity index (χ0v) is 12.4. The summed E-state index contributed by atoms with van der Waals surface area (Å²) in [7, 11) is 0. The summed E-state index contributed by atoms with van der Waals surface area (Å²) in [5, 5.41) is 0. The fourth-order valence-electron chi connectivity index (χ4n) is 1.63. The van der Waals surface area contributed by atoms with Gasteiger partial charge in [-0.05, 0) is 19.4 Å². The molecule has 0 aliphatic carbocycles. The summed E-state index contributed by atoms with van der Waals surface area (Å²) < 4.78 is 9.79. The lowest BCUT2D eigenvalue weighted by Crippen LogP contribution is -2.13. The summed E-state index contributed by atoms with van der Waals surface area (Å²) in [5.74, 6) is -0.937. The quantitative estimate of drug-likeness (QED) is 0.439. The van der Waals surface area contributed by atoms with Crippen molar-refractivity contribution in [3.8, 4) is 0 Å². The molecular weight excluding hydrogens is 268 g/mol. The van der Waals surface area contributed by atoms with Gasteiger partial charge in [0.25, 0.3) is 0 Å². The van der Waals surface area contributed by atoms with Crippen molar-refractivity contribution in [2.45, 2.75) is 20.3 Å². The van der Waals surface area contributed by atoms with Crippen LogP contribution in [0.4, 0.5) is 0 Å². The maximum atomic E-state index is 11.8. The van der Waals surface area contributed by atoms with Crippen molar-refractivity contribution in [3.63, 3.8) is 0 Å². The topological polar surface area (TPSA) is 52.6 Å². The molecule has 4 nitrogen and oxygen atoms in total. The minimum absolute atomic E-state index is 0.0915. The molecule has 21 heavy (non-hydrogen) atoms. The number of hydrogen-bond donors (Lipinski definition) is 0. The van der Waals surface area contributed by atoms with E-state index in [1.807, 2.05) is 36.4 Å². The van der Waals surface area contributed by atoms with E-state index in [2.05, 4.69) is 0 Å². The summed E-state index contributed by atoms with van der Waals surface area (Å²) in [5.41, 5.74) is 1.29. The average Bonchev–Trinajstić information content (AvgIpc) is 2.48. The Balaban J connectivity index is 2.79. The van der Waals surface area contributed by atoms with Crippen molar-refractivity contribution in [1.82, 2.24) is 0 Å². The van der Waals surface area contributed by atoms with Crippen LogP contribution in [0, 0.1) is 0 Å². The Bertz CT molecular complexity index is 515. The lowest BCUT2D eigenvalue weighted by atomic mass is 10.1. The molecule has 0 aromatic heterocycles. The molecular formula is C17H20O4. The molecule has 112 valence electrons. The molecule has 0 fully saturated rings. The van der Waals surface area contributed by atoms with Gasteiger partial charge in [0.05, 0.1) is 19.6 Å². The molecule has 1 aromatic rings. The van der Waals surface area contributed by atoms with Crippen LogP contribution in [-0.2, 0) is 19.1 Å². The molecule has 0 atom stereocenters. The van der Waals surface area contributed by atoms with Crippen LogP contribution in [0.1, 0.15) is 25.8 Å². The minimum Gasteiger partial charge on any atom is -0.466 e. The predicted octanol–water partition coefficient (Wildman–Crippen LogP) is 3.14. The van der Waals surface area contributed by atoms with E-state index in [0.717, 1.165) is 5.56 Å². The third-order valence-corrected chi connectivity index (χ3v) is 2.56. The van der Waals surface area contributed by atoms with E-state index in [0.29, 0.717) is 0 Å². The van der Waals surface area contributed by atoms with Crippen molar-refractivity contribution < 1.29 is 19.1 Å². The summed E-state index contributed by atoms with van der Waals surface area (Å²) >= 11 is 0. The second kappa shape index (κ2) is 9.53. The Hall–Kier alpha value is -2.36. The molecule has 0 heterocycles. The Kier molecular flexibility index (Phi) is 7.58. The zero-order valence-electron chi connectivity index (χ0n) is 12.4. The SMILES string of the molecule is CCOC(=O)C/C(=C\C=C\c1ccccc1)C(=O)OCC. The Morgan fingerprint density at radius 2 is 1.71 bits per heavy atom. The number of rotatable bonds is 7. The molecule has 0 aliphatic heterocycles. The fourth-order valence-corrected chi connectivity index (χ4v) is 1.63. The van der Waals surface area contributed by atoms with Crippen LogP contribution in [0.25, 0.3) is 6.08 Å². The average molecular weight is 288 g/mol. The summed E-state index contributed by atoms with van der Waals surface area (Å²) in [4.78, 5) is 23.3. The smallest absolute Gasteiger partial charge is 0.334 e. The highest BCUT2D eigenvalue weighted by atomic mass is 16.5. The molecule has 1 aromatic carbocycles. The standard InChI is InChI=1S/C17H20O4/c1-3-20-16(18)13-15(17(19)21-4-2)12-8-11-14-9-6-5-7-10-14/h5-12H,3-4,13H2,1-2H3/b11-8+,15-12+. The number of ether oxygens (including phenoxy) is 2. The first-order chi connectivity index (χ1) is 10.2. The Labute approximate surface area is 125 Å². The maximum Gasteiger partial charge on any atom is 0.334 e. The van der Waals surface area contributed by atoms with E-state index < -0.39 is 11.9 Å². The lowest BCUT2D eigenvalue weighted by molar-refractivity contribution is -0.145. The first-order valence-electron chi connectivity index (χ1n) is 6.92. The van der Waals surface area contributed by atoms with E-state index in [9.17, 15) is 9.59 Å². The van der Waals surface area contributed by atoms with Crippen LogP contribution in [0.5, 0.6) is 0 Å². The third kappa shape index (κ3) is 6.56. The Morgan fingerprint density at radius 1 is 1.05 bits per heavy atom. The van der Waals surface area contributed by atoms with Crippen molar-refractivity contribution in [2.75, 3.05) is 13.2 Å². The van der Waals surface area contributed by atoms with Gasteiger partial charge in [0, 0.05) is 5.57 Å². The number of carbonyl (C=O) groups excluding carboxylic acids is 2. The number of carbonyl (C=O) groups is 2. The molecule has 0 radical (unpaired) electrons. The Morgan fingerprint density at radius 3 is 2.33 bits per heavy atom. The highest BCUT2D eigenvalue weighted by Crippen LogP contribution is 2.08. The maximum absolute atomic E-state index is 11.8. The molecule has 0 saturated carbocycles. The third-order valence-electron chi connectivity index (χ3n) is 2.56. The van der Waals surface area contributed by atoms with E-state index in [1.54, 1.807) is 26.0 Å². The van der Waals surface area contributed by atoms with E-state index in [-0.39, 0.29) is 25.2 Å². The van der Waals surface area contributed by atoms with Crippen molar-refractivity contribution in [3.05, 3.63) is 53.6 Å². The van der Waals surface area contributed by atoms with E-state index in [4.69, 9.17) is 9.47 Å². The molecule has 0 aliphatic rings. The fraction of sp³-hybridized carbons (Fsp3) is 0.294. The van der Waals surface area contributed by atoms with Crippen LogP contribution >= 0.6 is 0 Å².